The molecule has 1 aromatic heterocycles. The lowest BCUT2D eigenvalue weighted by Gasteiger charge is -2.30. The molecule has 0 amide bonds. The first-order valence-electron chi connectivity index (χ1n) is 7.68. The number of rotatable bonds is 5. The van der Waals surface area contributed by atoms with Gasteiger partial charge in [0.15, 0.2) is 0 Å². The van der Waals surface area contributed by atoms with E-state index in [0.29, 0.717) is 12.1 Å². The van der Waals surface area contributed by atoms with Crippen LogP contribution in [0.15, 0.2) is 36.9 Å². The molecule has 0 bridgehead atoms. The van der Waals surface area contributed by atoms with Crippen LogP contribution >= 0.6 is 0 Å². The summed E-state index contributed by atoms with van der Waals surface area (Å²) in [5.74, 6) is 0. The van der Waals surface area contributed by atoms with Crippen LogP contribution in [0.2, 0.25) is 0 Å². The Morgan fingerprint density at radius 3 is 2.90 bits per heavy atom. The molecule has 5 heteroatoms. The number of ether oxygens (including phenoxy) is 1. The van der Waals surface area contributed by atoms with Gasteiger partial charge in [0.1, 0.15) is 12.7 Å². The maximum atomic E-state index is 5.80. The van der Waals surface area contributed by atoms with E-state index in [4.69, 9.17) is 4.74 Å². The number of hydrogen-bond acceptors (Lipinski definition) is 4. The molecule has 1 aromatic carbocycles. The van der Waals surface area contributed by atoms with Crippen molar-refractivity contribution in [3.8, 4) is 5.69 Å². The van der Waals surface area contributed by atoms with Crippen molar-refractivity contribution >= 4 is 5.69 Å². The van der Waals surface area contributed by atoms with Crippen LogP contribution in [0, 0.1) is 0 Å². The number of anilines is 1. The molecule has 1 aliphatic heterocycles. The van der Waals surface area contributed by atoms with E-state index in [-0.39, 0.29) is 0 Å². The summed E-state index contributed by atoms with van der Waals surface area (Å²) in [5, 5.41) is 7.75. The van der Waals surface area contributed by atoms with E-state index in [2.05, 4.69) is 46.6 Å². The molecule has 2 unspecified atom stereocenters. The van der Waals surface area contributed by atoms with Crippen LogP contribution in [0.4, 0.5) is 5.69 Å². The molecular formula is C16H22N4O. The van der Waals surface area contributed by atoms with Crippen LogP contribution in [-0.2, 0) is 4.74 Å². The van der Waals surface area contributed by atoms with Crippen molar-refractivity contribution in [3.63, 3.8) is 0 Å². The maximum Gasteiger partial charge on any atom is 0.138 e. The number of benzene rings is 1. The fraction of sp³-hybridized carbons (Fsp3) is 0.500. The monoisotopic (exact) mass is 286 g/mol. The molecule has 1 saturated heterocycles. The molecule has 2 atom stereocenters. The molecule has 3 rings (SSSR count). The van der Waals surface area contributed by atoms with Crippen LogP contribution in [0.3, 0.4) is 0 Å². The zero-order valence-corrected chi connectivity index (χ0v) is 12.4. The first-order valence-corrected chi connectivity index (χ1v) is 7.68. The van der Waals surface area contributed by atoms with Crippen LogP contribution in [0.1, 0.15) is 32.6 Å². The third kappa shape index (κ3) is 3.61. The lowest BCUT2D eigenvalue weighted by Crippen LogP contribution is -2.33. The Bertz CT molecular complexity index is 536. The van der Waals surface area contributed by atoms with E-state index < -0.39 is 0 Å². The Balaban J connectivity index is 1.60. The van der Waals surface area contributed by atoms with Gasteiger partial charge in [0.05, 0.1) is 11.8 Å². The molecule has 1 fully saturated rings. The van der Waals surface area contributed by atoms with Gasteiger partial charge in [0.2, 0.25) is 0 Å². The van der Waals surface area contributed by atoms with Crippen molar-refractivity contribution < 1.29 is 4.74 Å². The molecule has 5 nitrogen and oxygen atoms in total. The molecule has 21 heavy (non-hydrogen) atoms. The topological polar surface area (TPSA) is 52.0 Å². The number of aromatic nitrogens is 3. The largest absolute Gasteiger partial charge is 0.382 e. The van der Waals surface area contributed by atoms with Gasteiger partial charge in [-0.3, -0.25) is 0 Å². The number of nitrogens with one attached hydrogen (secondary N) is 1. The molecule has 0 aliphatic carbocycles. The fourth-order valence-electron chi connectivity index (χ4n) is 2.82. The summed E-state index contributed by atoms with van der Waals surface area (Å²) in [6, 6.07) is 8.81. The molecule has 0 saturated carbocycles. The average Bonchev–Trinajstić information content (AvgIpc) is 3.03. The number of hydrogen-bond donors (Lipinski definition) is 1. The van der Waals surface area contributed by atoms with Crippen molar-refractivity contribution in [1.29, 1.82) is 0 Å². The Hall–Kier alpha value is -1.88. The quantitative estimate of drug-likeness (QED) is 0.918. The predicted molar refractivity (Wildman–Crippen MR) is 82.7 cm³/mol. The molecule has 0 radical (unpaired) electrons. The van der Waals surface area contributed by atoms with Crippen LogP contribution in [-0.4, -0.2) is 33.5 Å². The Morgan fingerprint density at radius 2 is 2.19 bits per heavy atom. The van der Waals surface area contributed by atoms with Crippen molar-refractivity contribution in [2.75, 3.05) is 11.9 Å². The van der Waals surface area contributed by atoms with Gasteiger partial charge in [-0.25, -0.2) is 9.67 Å². The maximum absolute atomic E-state index is 5.80. The zero-order chi connectivity index (χ0) is 14.5. The summed E-state index contributed by atoms with van der Waals surface area (Å²) in [6.07, 6.45) is 8.17. The van der Waals surface area contributed by atoms with Gasteiger partial charge >= 0.3 is 0 Å². The molecule has 1 aliphatic rings. The van der Waals surface area contributed by atoms with Gasteiger partial charge in [-0.1, -0.05) is 13.3 Å². The highest BCUT2D eigenvalue weighted by Gasteiger charge is 2.21. The van der Waals surface area contributed by atoms with E-state index >= 15 is 0 Å². The SMILES string of the molecule is CCCC1CC(Nc2ccc(-n3cncn3)cc2)CCO1. The summed E-state index contributed by atoms with van der Waals surface area (Å²) < 4.78 is 7.56. The third-order valence-electron chi connectivity index (χ3n) is 3.90. The van der Waals surface area contributed by atoms with Gasteiger partial charge in [-0.15, -0.1) is 0 Å². The van der Waals surface area contributed by atoms with Crippen molar-refractivity contribution in [3.05, 3.63) is 36.9 Å². The minimum absolute atomic E-state index is 0.413. The van der Waals surface area contributed by atoms with Crippen molar-refractivity contribution in [2.24, 2.45) is 0 Å². The molecule has 1 N–H and O–H groups in total. The summed E-state index contributed by atoms with van der Waals surface area (Å²) in [6.45, 7) is 3.07. The van der Waals surface area contributed by atoms with E-state index in [1.54, 1.807) is 17.3 Å². The van der Waals surface area contributed by atoms with Gasteiger partial charge in [-0.05, 0) is 43.5 Å². The highest BCUT2D eigenvalue weighted by Crippen LogP contribution is 2.22. The van der Waals surface area contributed by atoms with Gasteiger partial charge in [-0.2, -0.15) is 5.10 Å². The molecule has 2 heterocycles. The number of nitrogens with zero attached hydrogens (tertiary/aromatic N) is 3. The highest BCUT2D eigenvalue weighted by molar-refractivity contribution is 5.49. The van der Waals surface area contributed by atoms with Crippen LogP contribution in [0.25, 0.3) is 5.69 Å². The Morgan fingerprint density at radius 1 is 1.33 bits per heavy atom. The van der Waals surface area contributed by atoms with Gasteiger partial charge in [0, 0.05) is 18.3 Å². The van der Waals surface area contributed by atoms with Crippen molar-refractivity contribution in [2.45, 2.75) is 44.8 Å². The predicted octanol–water partition coefficient (Wildman–Crippen LogP) is 3.03. The summed E-state index contributed by atoms with van der Waals surface area (Å²) in [7, 11) is 0. The summed E-state index contributed by atoms with van der Waals surface area (Å²) in [5.41, 5.74) is 2.18. The van der Waals surface area contributed by atoms with E-state index in [0.717, 1.165) is 37.2 Å². The second kappa shape index (κ2) is 6.72. The zero-order valence-electron chi connectivity index (χ0n) is 12.4. The van der Waals surface area contributed by atoms with E-state index in [1.165, 1.54) is 6.42 Å². The molecular weight excluding hydrogens is 264 g/mol. The molecule has 0 spiro atoms. The highest BCUT2D eigenvalue weighted by atomic mass is 16.5. The summed E-state index contributed by atoms with van der Waals surface area (Å²) >= 11 is 0. The minimum Gasteiger partial charge on any atom is -0.382 e. The van der Waals surface area contributed by atoms with Crippen LogP contribution < -0.4 is 5.32 Å². The molecule has 2 aromatic rings. The lowest BCUT2D eigenvalue weighted by molar-refractivity contribution is 0.00598. The fourth-order valence-corrected chi connectivity index (χ4v) is 2.82. The average molecular weight is 286 g/mol. The lowest BCUT2D eigenvalue weighted by atomic mass is 10.00. The Labute approximate surface area is 125 Å². The van der Waals surface area contributed by atoms with Crippen molar-refractivity contribution in [1.82, 2.24) is 14.8 Å². The summed E-state index contributed by atoms with van der Waals surface area (Å²) in [4.78, 5) is 3.96. The second-order valence-electron chi connectivity index (χ2n) is 5.53. The van der Waals surface area contributed by atoms with Crippen LogP contribution in [0.5, 0.6) is 0 Å². The van der Waals surface area contributed by atoms with E-state index in [9.17, 15) is 0 Å². The molecule has 112 valence electrons. The third-order valence-corrected chi connectivity index (χ3v) is 3.90. The van der Waals surface area contributed by atoms with E-state index in [1.807, 2.05) is 0 Å². The Kier molecular flexibility index (Phi) is 4.50. The first-order chi connectivity index (χ1) is 10.3. The normalized spacial score (nSPS) is 22.1. The standard InChI is InChI=1S/C16H22N4O/c1-2-3-16-10-14(8-9-21-16)19-13-4-6-15(7-5-13)20-12-17-11-18-20/h4-7,11-12,14,16,19H,2-3,8-10H2,1H3. The smallest absolute Gasteiger partial charge is 0.138 e. The second-order valence-corrected chi connectivity index (χ2v) is 5.53. The first kappa shape index (κ1) is 14.1. The van der Waals surface area contributed by atoms with Gasteiger partial charge in [0.25, 0.3) is 0 Å². The minimum atomic E-state index is 0.413. The van der Waals surface area contributed by atoms with Gasteiger partial charge < -0.3 is 10.1 Å².